The lowest BCUT2D eigenvalue weighted by Gasteiger charge is -2.13. The van der Waals surface area contributed by atoms with Crippen LogP contribution in [-0.2, 0) is 13.6 Å². The molecule has 2 rings (SSSR count). The van der Waals surface area contributed by atoms with Gasteiger partial charge in [0.1, 0.15) is 0 Å². The molecule has 0 unspecified atom stereocenters. The van der Waals surface area contributed by atoms with Gasteiger partial charge in [-0.3, -0.25) is 9.48 Å². The maximum Gasteiger partial charge on any atom is 0.337 e. The first-order valence-corrected chi connectivity index (χ1v) is 5.82. The van der Waals surface area contributed by atoms with Crippen molar-refractivity contribution in [1.29, 1.82) is 0 Å². The average molecular weight is 261 g/mol. The predicted octanol–water partition coefficient (Wildman–Crippen LogP) is 0.945. The quantitative estimate of drug-likeness (QED) is 0.892. The first-order valence-electron chi connectivity index (χ1n) is 5.82. The van der Waals surface area contributed by atoms with Crippen molar-refractivity contribution in [2.45, 2.75) is 20.4 Å². The van der Waals surface area contributed by atoms with E-state index >= 15 is 0 Å². The van der Waals surface area contributed by atoms with Crippen molar-refractivity contribution >= 4 is 5.97 Å². The Morgan fingerprint density at radius 3 is 2.63 bits per heavy atom. The third-order valence-corrected chi connectivity index (χ3v) is 3.08. The molecule has 0 saturated heterocycles. The summed E-state index contributed by atoms with van der Waals surface area (Å²) in [6.45, 7) is 3.60. The molecule has 1 N–H and O–H groups in total. The molecule has 0 aliphatic rings. The molecule has 0 fully saturated rings. The topological polar surface area (TPSA) is 77.1 Å². The Labute approximate surface area is 109 Å². The van der Waals surface area contributed by atoms with Gasteiger partial charge in [-0.25, -0.2) is 4.79 Å². The van der Waals surface area contributed by atoms with Crippen molar-refractivity contribution in [2.24, 2.45) is 7.05 Å². The van der Waals surface area contributed by atoms with Crippen molar-refractivity contribution in [3.05, 3.63) is 51.2 Å². The van der Waals surface area contributed by atoms with E-state index in [0.717, 1.165) is 5.56 Å². The van der Waals surface area contributed by atoms with Crippen LogP contribution in [0.15, 0.2) is 23.3 Å². The summed E-state index contributed by atoms with van der Waals surface area (Å²) in [6, 6.07) is 1.35. The molecule has 0 bridgehead atoms. The van der Waals surface area contributed by atoms with Crippen LogP contribution in [0, 0.1) is 13.8 Å². The van der Waals surface area contributed by atoms with Gasteiger partial charge in [0.25, 0.3) is 5.56 Å². The van der Waals surface area contributed by atoms with Gasteiger partial charge in [-0.2, -0.15) is 5.10 Å². The maximum atomic E-state index is 12.0. The fraction of sp³-hybridized carbons (Fsp3) is 0.308. The molecular formula is C13H15N3O3. The normalized spacial score (nSPS) is 10.7. The Bertz CT molecular complexity index is 698. The number of hydrogen-bond donors (Lipinski definition) is 1. The lowest BCUT2D eigenvalue weighted by Crippen LogP contribution is -2.25. The molecule has 0 atom stereocenters. The van der Waals surface area contributed by atoms with Crippen LogP contribution in [0.4, 0.5) is 0 Å². The van der Waals surface area contributed by atoms with Crippen LogP contribution in [0.2, 0.25) is 0 Å². The molecule has 0 amide bonds. The third kappa shape index (κ3) is 2.42. The van der Waals surface area contributed by atoms with E-state index in [-0.39, 0.29) is 11.1 Å². The first-order chi connectivity index (χ1) is 8.90. The average Bonchev–Trinajstić information content (AvgIpc) is 2.69. The molecule has 100 valence electrons. The van der Waals surface area contributed by atoms with Gasteiger partial charge in [0.15, 0.2) is 0 Å². The lowest BCUT2D eigenvalue weighted by atomic mass is 10.1. The first kappa shape index (κ1) is 13.1. The second kappa shape index (κ2) is 4.72. The molecular weight excluding hydrogens is 246 g/mol. The van der Waals surface area contributed by atoms with Crippen LogP contribution in [-0.4, -0.2) is 25.4 Å². The summed E-state index contributed by atoms with van der Waals surface area (Å²) in [7, 11) is 1.79. The molecule has 0 aliphatic heterocycles. The minimum Gasteiger partial charge on any atom is -0.478 e. The highest BCUT2D eigenvalue weighted by Crippen LogP contribution is 2.12. The van der Waals surface area contributed by atoms with Gasteiger partial charge in [-0.1, -0.05) is 0 Å². The van der Waals surface area contributed by atoms with Crippen LogP contribution in [0.3, 0.4) is 0 Å². The van der Waals surface area contributed by atoms with Gasteiger partial charge in [0, 0.05) is 30.6 Å². The smallest absolute Gasteiger partial charge is 0.337 e. The van der Waals surface area contributed by atoms with Crippen LogP contribution < -0.4 is 5.56 Å². The summed E-state index contributed by atoms with van der Waals surface area (Å²) in [5.41, 5.74) is 1.78. The molecule has 2 aromatic heterocycles. The molecule has 0 saturated carbocycles. The molecule has 19 heavy (non-hydrogen) atoms. The monoisotopic (exact) mass is 261 g/mol. The minimum absolute atomic E-state index is 0.184. The summed E-state index contributed by atoms with van der Waals surface area (Å²) in [6.07, 6.45) is 3.46. The Morgan fingerprint density at radius 2 is 2.11 bits per heavy atom. The third-order valence-electron chi connectivity index (χ3n) is 3.08. The Hall–Kier alpha value is -2.37. The summed E-state index contributed by atoms with van der Waals surface area (Å²) in [4.78, 5) is 23.2. The second-order valence-electron chi connectivity index (χ2n) is 4.54. The van der Waals surface area contributed by atoms with E-state index in [1.165, 1.54) is 10.6 Å². The van der Waals surface area contributed by atoms with Gasteiger partial charge < -0.3 is 9.67 Å². The fourth-order valence-electron chi connectivity index (χ4n) is 2.18. The zero-order valence-corrected chi connectivity index (χ0v) is 11.0. The highest BCUT2D eigenvalue weighted by molar-refractivity contribution is 5.90. The standard InChI is InChI=1S/C13H15N3O3/c1-8-4-11(17)16(9(2)12(8)13(18)19)7-10-5-14-15(3)6-10/h4-6H,7H2,1-3H3,(H,18,19). The number of hydrogen-bond acceptors (Lipinski definition) is 3. The minimum atomic E-state index is -1.02. The zero-order chi connectivity index (χ0) is 14.2. The van der Waals surface area contributed by atoms with Gasteiger partial charge in [-0.15, -0.1) is 0 Å². The van der Waals surface area contributed by atoms with Crippen LogP contribution >= 0.6 is 0 Å². The molecule has 2 heterocycles. The highest BCUT2D eigenvalue weighted by atomic mass is 16.4. The number of carboxylic acid groups (broad SMARTS) is 1. The number of aromatic carboxylic acids is 1. The molecule has 6 nitrogen and oxygen atoms in total. The molecule has 6 heteroatoms. The second-order valence-corrected chi connectivity index (χ2v) is 4.54. The SMILES string of the molecule is Cc1cc(=O)n(Cc2cnn(C)c2)c(C)c1C(=O)O. The lowest BCUT2D eigenvalue weighted by molar-refractivity contribution is 0.0694. The van der Waals surface area contributed by atoms with Crippen molar-refractivity contribution in [1.82, 2.24) is 14.3 Å². The largest absolute Gasteiger partial charge is 0.478 e. The van der Waals surface area contributed by atoms with Crippen LogP contribution in [0.25, 0.3) is 0 Å². The Morgan fingerprint density at radius 1 is 1.42 bits per heavy atom. The number of pyridine rings is 1. The van der Waals surface area contributed by atoms with E-state index in [1.54, 1.807) is 38.0 Å². The summed E-state index contributed by atoms with van der Waals surface area (Å²) in [5, 5.41) is 13.2. The van der Waals surface area contributed by atoms with E-state index in [2.05, 4.69) is 5.10 Å². The van der Waals surface area contributed by atoms with Crippen molar-refractivity contribution in [3.8, 4) is 0 Å². The Balaban J connectivity index is 2.54. The highest BCUT2D eigenvalue weighted by Gasteiger charge is 2.16. The molecule has 0 spiro atoms. The van der Waals surface area contributed by atoms with E-state index in [4.69, 9.17) is 0 Å². The van der Waals surface area contributed by atoms with Crippen molar-refractivity contribution in [3.63, 3.8) is 0 Å². The number of carbonyl (C=O) groups is 1. The summed E-state index contributed by atoms with van der Waals surface area (Å²) in [5.74, 6) is -1.02. The van der Waals surface area contributed by atoms with Crippen molar-refractivity contribution < 1.29 is 9.90 Å². The zero-order valence-electron chi connectivity index (χ0n) is 11.0. The number of rotatable bonds is 3. The van der Waals surface area contributed by atoms with E-state index < -0.39 is 5.97 Å². The van der Waals surface area contributed by atoms with Crippen LogP contribution in [0.1, 0.15) is 27.2 Å². The number of nitrogens with zero attached hydrogens (tertiary/aromatic N) is 3. The molecule has 0 radical (unpaired) electrons. The molecule has 2 aromatic rings. The van der Waals surface area contributed by atoms with Gasteiger partial charge in [0.05, 0.1) is 18.3 Å². The van der Waals surface area contributed by atoms with Gasteiger partial charge in [0.2, 0.25) is 0 Å². The summed E-state index contributed by atoms with van der Waals surface area (Å²) < 4.78 is 3.09. The fourth-order valence-corrected chi connectivity index (χ4v) is 2.18. The molecule has 0 aromatic carbocycles. The van der Waals surface area contributed by atoms with E-state index in [0.29, 0.717) is 17.8 Å². The Kier molecular flexibility index (Phi) is 3.25. The van der Waals surface area contributed by atoms with Gasteiger partial charge in [-0.05, 0) is 19.4 Å². The number of aryl methyl sites for hydroxylation is 2. The van der Waals surface area contributed by atoms with Crippen LogP contribution in [0.5, 0.6) is 0 Å². The number of carboxylic acids is 1. The predicted molar refractivity (Wildman–Crippen MR) is 69.4 cm³/mol. The number of aromatic nitrogens is 3. The van der Waals surface area contributed by atoms with E-state index in [1.807, 2.05) is 0 Å². The maximum absolute atomic E-state index is 12.0. The van der Waals surface area contributed by atoms with Gasteiger partial charge >= 0.3 is 5.97 Å². The molecule has 0 aliphatic carbocycles. The van der Waals surface area contributed by atoms with E-state index in [9.17, 15) is 14.7 Å². The van der Waals surface area contributed by atoms with Crippen molar-refractivity contribution in [2.75, 3.05) is 0 Å². The summed E-state index contributed by atoms with van der Waals surface area (Å²) >= 11 is 0.